The van der Waals surface area contributed by atoms with Gasteiger partial charge in [0.25, 0.3) is 5.91 Å². The molecule has 1 amide bonds. The van der Waals surface area contributed by atoms with Gasteiger partial charge < -0.3 is 14.4 Å². The van der Waals surface area contributed by atoms with E-state index < -0.39 is 0 Å². The number of para-hydroxylation sites is 1. The van der Waals surface area contributed by atoms with Gasteiger partial charge >= 0.3 is 0 Å². The van der Waals surface area contributed by atoms with E-state index in [0.29, 0.717) is 32.1 Å². The molecule has 136 valence electrons. The minimum atomic E-state index is -0.0236. The average Bonchev–Trinajstić information content (AvgIpc) is 2.67. The summed E-state index contributed by atoms with van der Waals surface area (Å²) in [7, 11) is 0. The van der Waals surface area contributed by atoms with E-state index in [1.807, 2.05) is 48.7 Å². The lowest BCUT2D eigenvalue weighted by atomic mass is 10.2. The maximum Gasteiger partial charge on any atom is 0.260 e. The Labute approximate surface area is 174 Å². The molecular formula is C19H18BrIN2O3. The molecule has 0 N–H and O–H groups in total. The first kappa shape index (κ1) is 19.3. The second-order valence-electron chi connectivity index (χ2n) is 5.68. The lowest BCUT2D eigenvalue weighted by Gasteiger charge is -2.26. The normalized spacial score (nSPS) is 14.6. The Morgan fingerprint density at radius 2 is 2.04 bits per heavy atom. The van der Waals surface area contributed by atoms with Crippen molar-refractivity contribution in [3.05, 3.63) is 56.1 Å². The van der Waals surface area contributed by atoms with Gasteiger partial charge in [0.15, 0.2) is 6.61 Å². The molecule has 0 radical (unpaired) electrons. The predicted octanol–water partition coefficient (Wildman–Crippen LogP) is 4.04. The van der Waals surface area contributed by atoms with Crippen molar-refractivity contribution in [2.75, 3.05) is 32.9 Å². The Morgan fingerprint density at radius 1 is 1.27 bits per heavy atom. The number of carbonyl (C=O) groups is 1. The molecule has 0 saturated carbocycles. The molecule has 0 unspecified atom stereocenters. The molecule has 1 heterocycles. The van der Waals surface area contributed by atoms with Crippen LogP contribution in [0.2, 0.25) is 0 Å². The van der Waals surface area contributed by atoms with Gasteiger partial charge in [-0.2, -0.15) is 0 Å². The molecule has 26 heavy (non-hydrogen) atoms. The number of morpholine rings is 1. The van der Waals surface area contributed by atoms with E-state index in [4.69, 9.17) is 9.47 Å². The van der Waals surface area contributed by atoms with Gasteiger partial charge in [-0.25, -0.2) is 0 Å². The number of ether oxygens (including phenoxy) is 2. The van der Waals surface area contributed by atoms with Crippen LogP contribution in [0.3, 0.4) is 0 Å². The number of rotatable bonds is 5. The second-order valence-corrected chi connectivity index (χ2v) is 7.70. The third-order valence-electron chi connectivity index (χ3n) is 3.88. The van der Waals surface area contributed by atoms with Crippen molar-refractivity contribution in [2.24, 2.45) is 4.99 Å². The highest BCUT2D eigenvalue weighted by molar-refractivity contribution is 14.1. The van der Waals surface area contributed by atoms with Crippen molar-refractivity contribution in [3.63, 3.8) is 0 Å². The Balaban J connectivity index is 1.60. The highest BCUT2D eigenvalue weighted by atomic mass is 127. The summed E-state index contributed by atoms with van der Waals surface area (Å²) in [6.07, 6.45) is 1.81. The summed E-state index contributed by atoms with van der Waals surface area (Å²) in [5, 5.41) is 0. The van der Waals surface area contributed by atoms with Crippen LogP contribution in [0.15, 0.2) is 51.9 Å². The van der Waals surface area contributed by atoms with Gasteiger partial charge in [0, 0.05) is 22.9 Å². The molecule has 0 atom stereocenters. The van der Waals surface area contributed by atoms with Crippen LogP contribution < -0.4 is 4.74 Å². The fraction of sp³-hybridized carbons (Fsp3) is 0.263. The maximum atomic E-state index is 12.1. The first-order valence-corrected chi connectivity index (χ1v) is 10.1. The monoisotopic (exact) mass is 528 g/mol. The quantitative estimate of drug-likeness (QED) is 0.435. The number of hydrogen-bond donors (Lipinski definition) is 0. The van der Waals surface area contributed by atoms with Crippen molar-refractivity contribution in [1.29, 1.82) is 0 Å². The zero-order valence-corrected chi connectivity index (χ0v) is 17.8. The van der Waals surface area contributed by atoms with Crippen LogP contribution in [0.25, 0.3) is 0 Å². The third-order valence-corrected chi connectivity index (χ3v) is 5.41. The van der Waals surface area contributed by atoms with Crippen LogP contribution in [0, 0.1) is 3.57 Å². The molecule has 2 aromatic rings. The van der Waals surface area contributed by atoms with Crippen LogP contribution in [0.5, 0.6) is 5.75 Å². The van der Waals surface area contributed by atoms with Gasteiger partial charge in [0.1, 0.15) is 5.75 Å². The van der Waals surface area contributed by atoms with E-state index in [1.54, 1.807) is 4.90 Å². The third kappa shape index (κ3) is 5.28. The standard InChI is InChI=1S/C19H18BrIN2O3/c20-15-11-14(12-22-17-4-2-1-3-16(17)21)5-6-18(15)26-13-19(24)23-7-9-25-10-8-23/h1-6,11-12H,7-10,13H2. The molecule has 5 nitrogen and oxygen atoms in total. The fourth-order valence-electron chi connectivity index (χ4n) is 2.46. The molecule has 1 aliphatic rings. The number of carbonyl (C=O) groups excluding carboxylic acids is 1. The number of benzene rings is 2. The number of nitrogens with zero attached hydrogens (tertiary/aromatic N) is 2. The first-order valence-electron chi connectivity index (χ1n) is 8.20. The van der Waals surface area contributed by atoms with Crippen LogP contribution in [0.4, 0.5) is 5.69 Å². The predicted molar refractivity (Wildman–Crippen MR) is 113 cm³/mol. The second kappa shape index (κ2) is 9.48. The van der Waals surface area contributed by atoms with Crippen LogP contribution >= 0.6 is 38.5 Å². The lowest BCUT2D eigenvalue weighted by molar-refractivity contribution is -0.137. The van der Waals surface area contributed by atoms with E-state index in [1.165, 1.54) is 0 Å². The summed E-state index contributed by atoms with van der Waals surface area (Å²) in [6.45, 7) is 2.44. The number of hydrogen-bond acceptors (Lipinski definition) is 4. The van der Waals surface area contributed by atoms with Gasteiger partial charge in [0.2, 0.25) is 0 Å². The maximum absolute atomic E-state index is 12.1. The Bertz CT molecular complexity index is 807. The minimum absolute atomic E-state index is 0.0221. The summed E-state index contributed by atoms with van der Waals surface area (Å²) in [5.74, 6) is 0.613. The summed E-state index contributed by atoms with van der Waals surface area (Å²) in [5.41, 5.74) is 1.88. The van der Waals surface area contributed by atoms with Crippen LogP contribution in [-0.4, -0.2) is 49.9 Å². The zero-order valence-electron chi connectivity index (χ0n) is 14.0. The smallest absolute Gasteiger partial charge is 0.260 e. The molecule has 1 aliphatic heterocycles. The topological polar surface area (TPSA) is 51.1 Å². The molecule has 0 aromatic heterocycles. The molecule has 0 spiro atoms. The Kier molecular flexibility index (Phi) is 7.04. The summed E-state index contributed by atoms with van der Waals surface area (Å²) in [4.78, 5) is 18.4. The molecule has 1 saturated heterocycles. The number of amides is 1. The number of halogens is 2. The molecule has 3 rings (SSSR count). The van der Waals surface area contributed by atoms with Crippen molar-refractivity contribution in [1.82, 2.24) is 4.90 Å². The minimum Gasteiger partial charge on any atom is -0.483 e. The summed E-state index contributed by atoms with van der Waals surface area (Å²) in [6, 6.07) is 13.6. The number of aliphatic imine (C=N–C) groups is 1. The van der Waals surface area contributed by atoms with Gasteiger partial charge in [-0.3, -0.25) is 9.79 Å². The largest absolute Gasteiger partial charge is 0.483 e. The Hall–Kier alpha value is -1.45. The van der Waals surface area contributed by atoms with Gasteiger partial charge in [-0.05, 0) is 74.4 Å². The van der Waals surface area contributed by atoms with Crippen molar-refractivity contribution < 1.29 is 14.3 Å². The highest BCUT2D eigenvalue weighted by Gasteiger charge is 2.17. The lowest BCUT2D eigenvalue weighted by Crippen LogP contribution is -2.43. The van der Waals surface area contributed by atoms with E-state index in [9.17, 15) is 4.79 Å². The Morgan fingerprint density at radius 3 is 2.77 bits per heavy atom. The van der Waals surface area contributed by atoms with Gasteiger partial charge in [0.05, 0.1) is 23.4 Å². The molecular weight excluding hydrogens is 511 g/mol. The summed E-state index contributed by atoms with van der Waals surface area (Å²) < 4.78 is 12.8. The average molecular weight is 529 g/mol. The summed E-state index contributed by atoms with van der Waals surface area (Å²) >= 11 is 5.76. The van der Waals surface area contributed by atoms with E-state index in [-0.39, 0.29) is 12.5 Å². The zero-order chi connectivity index (χ0) is 18.4. The SMILES string of the molecule is O=C(COc1ccc(C=Nc2ccccc2I)cc1Br)N1CCOCC1. The van der Waals surface area contributed by atoms with Gasteiger partial charge in [-0.15, -0.1) is 0 Å². The van der Waals surface area contributed by atoms with Crippen molar-refractivity contribution in [2.45, 2.75) is 0 Å². The highest BCUT2D eigenvalue weighted by Crippen LogP contribution is 2.26. The molecule has 1 fully saturated rings. The van der Waals surface area contributed by atoms with E-state index in [0.717, 1.165) is 19.3 Å². The van der Waals surface area contributed by atoms with Crippen molar-refractivity contribution in [3.8, 4) is 5.75 Å². The van der Waals surface area contributed by atoms with Crippen LogP contribution in [-0.2, 0) is 9.53 Å². The molecule has 0 bridgehead atoms. The van der Waals surface area contributed by atoms with E-state index >= 15 is 0 Å². The van der Waals surface area contributed by atoms with Gasteiger partial charge in [-0.1, -0.05) is 12.1 Å². The molecule has 2 aromatic carbocycles. The first-order chi connectivity index (χ1) is 12.6. The molecule has 7 heteroatoms. The van der Waals surface area contributed by atoms with E-state index in [2.05, 4.69) is 43.5 Å². The van der Waals surface area contributed by atoms with Crippen molar-refractivity contribution >= 4 is 56.3 Å². The van der Waals surface area contributed by atoms with Crippen LogP contribution in [0.1, 0.15) is 5.56 Å². The fourth-order valence-corrected chi connectivity index (χ4v) is 3.50. The molecule has 0 aliphatic carbocycles.